The molecule has 0 N–H and O–H groups in total. The number of rotatable bonds is 13. The second kappa shape index (κ2) is 12.6. The topological polar surface area (TPSA) is 6.48 Å². The lowest BCUT2D eigenvalue weighted by Gasteiger charge is -2.21. The van der Waals surface area contributed by atoms with E-state index in [2.05, 4.69) is 45.1 Å². The van der Waals surface area contributed by atoms with Crippen LogP contribution in [0.4, 0.5) is 0 Å². The molecular formula is C17H33BrN2. The minimum Gasteiger partial charge on any atom is -0.359 e. The summed E-state index contributed by atoms with van der Waals surface area (Å²) in [6.07, 6.45) is 18.3. The number of hydrogen-bond donors (Lipinski definition) is 0. The summed E-state index contributed by atoms with van der Waals surface area (Å²) in [6, 6.07) is 0. The Labute approximate surface area is 134 Å². The molecular weight excluding hydrogens is 312 g/mol. The molecule has 1 rings (SSSR count). The normalized spacial score (nSPS) is 14.5. The van der Waals surface area contributed by atoms with Crippen molar-refractivity contribution < 1.29 is 0 Å². The molecule has 0 aromatic heterocycles. The number of unbranched alkanes of at least 4 members (excludes halogenated alkanes) is 8. The molecule has 0 atom stereocenters. The molecule has 3 heteroatoms. The highest BCUT2D eigenvalue weighted by Crippen LogP contribution is 2.12. The highest BCUT2D eigenvalue weighted by molar-refractivity contribution is 9.09. The smallest absolute Gasteiger partial charge is 0.0893 e. The van der Waals surface area contributed by atoms with E-state index in [1.54, 1.807) is 0 Å². The Morgan fingerprint density at radius 3 is 1.80 bits per heavy atom. The summed E-state index contributed by atoms with van der Waals surface area (Å²) in [5, 5.41) is 1.16. The molecule has 20 heavy (non-hydrogen) atoms. The average Bonchev–Trinajstić information content (AvgIpc) is 2.90. The maximum Gasteiger partial charge on any atom is 0.0893 e. The Balaban J connectivity index is 1.91. The molecule has 0 spiro atoms. The van der Waals surface area contributed by atoms with Crippen molar-refractivity contribution in [1.82, 2.24) is 9.80 Å². The first-order valence-electron chi connectivity index (χ1n) is 8.59. The zero-order valence-corrected chi connectivity index (χ0v) is 14.9. The van der Waals surface area contributed by atoms with Gasteiger partial charge in [-0.05, 0) is 19.3 Å². The van der Waals surface area contributed by atoms with Gasteiger partial charge in [0.15, 0.2) is 0 Å². The van der Waals surface area contributed by atoms with Gasteiger partial charge in [0.25, 0.3) is 0 Å². The van der Waals surface area contributed by atoms with Crippen LogP contribution < -0.4 is 0 Å². The zero-order valence-electron chi connectivity index (χ0n) is 13.3. The second-order valence-corrected chi connectivity index (χ2v) is 6.73. The van der Waals surface area contributed by atoms with Gasteiger partial charge in [-0.2, -0.15) is 0 Å². The van der Waals surface area contributed by atoms with Gasteiger partial charge in [0, 0.05) is 30.8 Å². The summed E-state index contributed by atoms with van der Waals surface area (Å²) < 4.78 is 0. The van der Waals surface area contributed by atoms with E-state index in [9.17, 15) is 0 Å². The van der Waals surface area contributed by atoms with Crippen LogP contribution in [0.3, 0.4) is 0 Å². The first-order valence-corrected chi connectivity index (χ1v) is 9.71. The van der Waals surface area contributed by atoms with Crippen LogP contribution in [0.15, 0.2) is 12.4 Å². The summed E-state index contributed by atoms with van der Waals surface area (Å²) in [7, 11) is 0. The van der Waals surface area contributed by atoms with E-state index in [4.69, 9.17) is 0 Å². The summed E-state index contributed by atoms with van der Waals surface area (Å²) in [6.45, 7) is 5.87. The van der Waals surface area contributed by atoms with Gasteiger partial charge in [0.05, 0.1) is 6.67 Å². The van der Waals surface area contributed by atoms with Gasteiger partial charge < -0.3 is 9.80 Å². The Kier molecular flexibility index (Phi) is 11.2. The Morgan fingerprint density at radius 2 is 1.25 bits per heavy atom. The van der Waals surface area contributed by atoms with Crippen molar-refractivity contribution in [2.75, 3.05) is 25.1 Å². The van der Waals surface area contributed by atoms with E-state index >= 15 is 0 Å². The van der Waals surface area contributed by atoms with Gasteiger partial charge in [-0.15, -0.1) is 0 Å². The van der Waals surface area contributed by atoms with Crippen molar-refractivity contribution in [3.63, 3.8) is 0 Å². The predicted molar refractivity (Wildman–Crippen MR) is 93.1 cm³/mol. The third-order valence-electron chi connectivity index (χ3n) is 3.98. The predicted octanol–water partition coefficient (Wildman–Crippen LogP) is 5.35. The van der Waals surface area contributed by atoms with E-state index in [1.807, 2.05) is 0 Å². The molecule has 0 aromatic carbocycles. The molecule has 0 saturated carbocycles. The molecule has 0 unspecified atom stereocenters. The molecule has 0 amide bonds. The monoisotopic (exact) mass is 344 g/mol. The lowest BCUT2D eigenvalue weighted by Crippen LogP contribution is -2.26. The first kappa shape index (κ1) is 17.9. The lowest BCUT2D eigenvalue weighted by atomic mass is 10.1. The van der Waals surface area contributed by atoms with Crippen LogP contribution in [0.25, 0.3) is 0 Å². The van der Waals surface area contributed by atoms with Crippen molar-refractivity contribution in [3.8, 4) is 0 Å². The van der Waals surface area contributed by atoms with Crippen LogP contribution in [0.2, 0.25) is 0 Å². The minimum atomic E-state index is 1.12. The van der Waals surface area contributed by atoms with Gasteiger partial charge in [0.2, 0.25) is 0 Å². The molecule has 0 radical (unpaired) electrons. The van der Waals surface area contributed by atoms with E-state index in [-0.39, 0.29) is 0 Å². The molecule has 0 fully saturated rings. The second-order valence-electron chi connectivity index (χ2n) is 5.94. The van der Waals surface area contributed by atoms with Crippen molar-refractivity contribution in [2.24, 2.45) is 0 Å². The Hall–Kier alpha value is -0.180. The third kappa shape index (κ3) is 8.89. The standard InChI is InChI=1S/C17H33BrN2/c1-2-3-4-5-7-10-13-19-15-16-20(17-19)14-11-8-6-9-12-18/h15-16H,2-14,17H2,1H3. The molecule has 1 aliphatic rings. The number of nitrogens with zero attached hydrogens (tertiary/aromatic N) is 2. The zero-order chi connectivity index (χ0) is 14.5. The van der Waals surface area contributed by atoms with Crippen LogP contribution in [-0.4, -0.2) is 34.9 Å². The van der Waals surface area contributed by atoms with Crippen LogP contribution in [0, 0.1) is 0 Å². The van der Waals surface area contributed by atoms with Crippen molar-refractivity contribution in [1.29, 1.82) is 0 Å². The highest BCUT2D eigenvalue weighted by atomic mass is 79.9. The summed E-state index contributed by atoms with van der Waals surface area (Å²) in [5.41, 5.74) is 0. The SMILES string of the molecule is CCCCCCCCN1C=CN(CCCCCCBr)C1. The summed E-state index contributed by atoms with van der Waals surface area (Å²) in [4.78, 5) is 4.93. The fourth-order valence-corrected chi connectivity index (χ4v) is 3.06. The van der Waals surface area contributed by atoms with Gasteiger partial charge in [-0.3, -0.25) is 0 Å². The van der Waals surface area contributed by atoms with E-state index in [0.717, 1.165) is 12.0 Å². The quantitative estimate of drug-likeness (QED) is 0.328. The van der Waals surface area contributed by atoms with Crippen LogP contribution in [0.1, 0.15) is 71.1 Å². The molecule has 0 aliphatic carbocycles. The molecule has 0 aromatic rings. The molecule has 118 valence electrons. The highest BCUT2D eigenvalue weighted by Gasteiger charge is 2.10. The Morgan fingerprint density at radius 1 is 0.750 bits per heavy atom. The minimum absolute atomic E-state index is 1.12. The number of hydrogen-bond acceptors (Lipinski definition) is 2. The summed E-state index contributed by atoms with van der Waals surface area (Å²) in [5.74, 6) is 0. The van der Waals surface area contributed by atoms with Crippen LogP contribution in [-0.2, 0) is 0 Å². The molecule has 1 aliphatic heterocycles. The summed E-state index contributed by atoms with van der Waals surface area (Å²) >= 11 is 3.49. The lowest BCUT2D eigenvalue weighted by molar-refractivity contribution is 0.257. The first-order chi connectivity index (χ1) is 9.86. The fraction of sp³-hybridized carbons (Fsp3) is 0.882. The van der Waals surface area contributed by atoms with E-state index in [0.29, 0.717) is 0 Å². The number of halogens is 1. The van der Waals surface area contributed by atoms with Gasteiger partial charge >= 0.3 is 0 Å². The maximum absolute atomic E-state index is 3.49. The molecule has 1 heterocycles. The van der Waals surface area contributed by atoms with Crippen LogP contribution in [0.5, 0.6) is 0 Å². The number of alkyl halides is 1. The van der Waals surface area contributed by atoms with E-state index in [1.165, 1.54) is 77.3 Å². The van der Waals surface area contributed by atoms with Gasteiger partial charge in [-0.25, -0.2) is 0 Å². The maximum atomic E-state index is 3.49. The molecule has 0 saturated heterocycles. The van der Waals surface area contributed by atoms with Crippen molar-refractivity contribution in [3.05, 3.63) is 12.4 Å². The van der Waals surface area contributed by atoms with E-state index < -0.39 is 0 Å². The van der Waals surface area contributed by atoms with Crippen molar-refractivity contribution >= 4 is 15.9 Å². The van der Waals surface area contributed by atoms with Gasteiger partial charge in [-0.1, -0.05) is 67.8 Å². The van der Waals surface area contributed by atoms with Gasteiger partial charge in [0.1, 0.15) is 0 Å². The van der Waals surface area contributed by atoms with Crippen LogP contribution >= 0.6 is 15.9 Å². The van der Waals surface area contributed by atoms with Crippen molar-refractivity contribution in [2.45, 2.75) is 71.1 Å². The average molecular weight is 345 g/mol. The Bertz CT molecular complexity index is 243. The fourth-order valence-electron chi connectivity index (χ4n) is 2.66. The molecule has 2 nitrogen and oxygen atoms in total. The largest absolute Gasteiger partial charge is 0.359 e. The third-order valence-corrected chi connectivity index (χ3v) is 4.54. The molecule has 0 bridgehead atoms.